The molecule has 1 N–H and O–H groups in total. The summed E-state index contributed by atoms with van der Waals surface area (Å²) in [5.74, 6) is -1.54. The zero-order valence-corrected chi connectivity index (χ0v) is 17.8. The van der Waals surface area contributed by atoms with Gasteiger partial charge in [-0.2, -0.15) is 0 Å². The number of carbonyl (C=O) groups is 2. The number of morpholine rings is 1. The smallest absolute Gasteiger partial charge is 0.295 e. The van der Waals surface area contributed by atoms with Crippen molar-refractivity contribution in [1.29, 1.82) is 0 Å². The second-order valence-corrected chi connectivity index (χ2v) is 8.00. The van der Waals surface area contributed by atoms with Crippen molar-refractivity contribution in [3.05, 3.63) is 70.5 Å². The summed E-state index contributed by atoms with van der Waals surface area (Å²) in [6.45, 7) is 4.33. The van der Waals surface area contributed by atoms with E-state index in [-0.39, 0.29) is 11.3 Å². The third-order valence-corrected chi connectivity index (χ3v) is 5.85. The fourth-order valence-corrected chi connectivity index (χ4v) is 4.13. The number of pyridine rings is 1. The van der Waals surface area contributed by atoms with Gasteiger partial charge in [-0.25, -0.2) is 0 Å². The van der Waals surface area contributed by atoms with Crippen molar-refractivity contribution in [2.45, 2.75) is 12.5 Å². The van der Waals surface area contributed by atoms with E-state index < -0.39 is 17.7 Å². The number of halogens is 1. The van der Waals surface area contributed by atoms with Gasteiger partial charge in [0.2, 0.25) is 0 Å². The van der Waals surface area contributed by atoms with Crippen LogP contribution >= 0.6 is 11.6 Å². The van der Waals surface area contributed by atoms with Crippen molar-refractivity contribution in [2.24, 2.45) is 0 Å². The lowest BCUT2D eigenvalue weighted by atomic mass is 9.98. The number of likely N-dealkylation sites (tertiary alicyclic amines) is 1. The minimum absolute atomic E-state index is 0.0531. The van der Waals surface area contributed by atoms with Crippen molar-refractivity contribution >= 4 is 29.1 Å². The van der Waals surface area contributed by atoms with Crippen LogP contribution in [0.25, 0.3) is 5.76 Å². The van der Waals surface area contributed by atoms with Gasteiger partial charge in [0.05, 0.1) is 24.5 Å². The number of aromatic nitrogens is 1. The summed E-state index contributed by atoms with van der Waals surface area (Å²) in [4.78, 5) is 34.1. The number of aliphatic hydroxyl groups is 1. The largest absolute Gasteiger partial charge is 0.507 e. The van der Waals surface area contributed by atoms with Crippen LogP contribution in [0.2, 0.25) is 5.02 Å². The third kappa shape index (κ3) is 4.63. The molecule has 7 nitrogen and oxygen atoms in total. The number of Topliss-reactive ketones (excluding diaryl/α,β-unsaturated/α-hetero) is 1. The van der Waals surface area contributed by atoms with Crippen LogP contribution in [0.15, 0.2) is 54.2 Å². The summed E-state index contributed by atoms with van der Waals surface area (Å²) in [5.41, 5.74) is 1.03. The highest BCUT2D eigenvalue weighted by molar-refractivity contribution is 6.46. The maximum atomic E-state index is 13.0. The van der Waals surface area contributed by atoms with Crippen LogP contribution in [0.1, 0.15) is 23.7 Å². The molecule has 4 rings (SSSR count). The molecule has 2 aliphatic rings. The summed E-state index contributed by atoms with van der Waals surface area (Å²) in [6.07, 6.45) is 2.32. The molecule has 0 bridgehead atoms. The minimum atomic E-state index is -0.735. The van der Waals surface area contributed by atoms with E-state index in [1.165, 1.54) is 4.90 Å². The number of hydrogen-bond acceptors (Lipinski definition) is 6. The summed E-state index contributed by atoms with van der Waals surface area (Å²) in [5, 5.41) is 11.5. The van der Waals surface area contributed by atoms with Gasteiger partial charge < -0.3 is 14.7 Å². The first-order chi connectivity index (χ1) is 15.1. The summed E-state index contributed by atoms with van der Waals surface area (Å²) >= 11 is 5.95. The van der Waals surface area contributed by atoms with Crippen molar-refractivity contribution in [3.63, 3.8) is 0 Å². The maximum Gasteiger partial charge on any atom is 0.295 e. The molecule has 1 atom stereocenters. The highest BCUT2D eigenvalue weighted by Crippen LogP contribution is 2.38. The molecular weight excluding hydrogens is 418 g/mol. The Labute approximate surface area is 185 Å². The maximum absolute atomic E-state index is 13.0. The lowest BCUT2D eigenvalue weighted by Crippen LogP contribution is -2.39. The van der Waals surface area contributed by atoms with Crippen LogP contribution in [0.4, 0.5) is 0 Å². The van der Waals surface area contributed by atoms with Gasteiger partial charge in [0.25, 0.3) is 11.7 Å². The predicted octanol–water partition coefficient (Wildman–Crippen LogP) is 2.88. The van der Waals surface area contributed by atoms with Crippen LogP contribution in [-0.2, 0) is 14.3 Å². The van der Waals surface area contributed by atoms with Crippen LogP contribution in [0.3, 0.4) is 0 Å². The first kappa shape index (κ1) is 21.5. The Balaban J connectivity index is 1.64. The fourth-order valence-electron chi connectivity index (χ4n) is 4.01. The molecule has 1 aromatic carbocycles. The zero-order valence-electron chi connectivity index (χ0n) is 17.0. The number of ether oxygens (including phenoxy) is 1. The molecule has 2 aliphatic heterocycles. The van der Waals surface area contributed by atoms with Crippen LogP contribution in [-0.4, -0.2) is 71.0 Å². The monoisotopic (exact) mass is 441 g/mol. The van der Waals surface area contributed by atoms with Crippen molar-refractivity contribution in [1.82, 2.24) is 14.8 Å². The van der Waals surface area contributed by atoms with E-state index in [9.17, 15) is 14.7 Å². The number of hydrogen-bond donors (Lipinski definition) is 1. The average molecular weight is 442 g/mol. The molecule has 3 heterocycles. The Morgan fingerprint density at radius 2 is 1.84 bits per heavy atom. The number of carbonyl (C=O) groups excluding carboxylic acids is 2. The number of ketones is 1. The molecule has 0 spiro atoms. The van der Waals surface area contributed by atoms with Crippen molar-refractivity contribution < 1.29 is 19.4 Å². The lowest BCUT2D eigenvalue weighted by molar-refractivity contribution is -0.140. The Morgan fingerprint density at radius 1 is 1.10 bits per heavy atom. The van der Waals surface area contributed by atoms with E-state index in [1.807, 2.05) is 0 Å². The molecule has 1 amide bonds. The molecule has 0 saturated carbocycles. The van der Waals surface area contributed by atoms with Gasteiger partial charge in [-0.3, -0.25) is 19.5 Å². The van der Waals surface area contributed by atoms with E-state index in [4.69, 9.17) is 16.3 Å². The Morgan fingerprint density at radius 3 is 2.52 bits per heavy atom. The van der Waals surface area contributed by atoms with Gasteiger partial charge in [0.15, 0.2) is 0 Å². The van der Waals surface area contributed by atoms with E-state index in [0.717, 1.165) is 19.6 Å². The molecule has 0 aliphatic carbocycles. The second-order valence-electron chi connectivity index (χ2n) is 7.56. The van der Waals surface area contributed by atoms with Gasteiger partial charge in [-0.05, 0) is 42.8 Å². The Bertz CT molecular complexity index is 972. The number of aliphatic hydroxyl groups excluding tert-OH is 1. The van der Waals surface area contributed by atoms with Gasteiger partial charge in [0.1, 0.15) is 11.8 Å². The molecule has 1 unspecified atom stereocenters. The molecule has 8 heteroatoms. The molecule has 2 fully saturated rings. The van der Waals surface area contributed by atoms with Gasteiger partial charge in [0, 0.05) is 43.0 Å². The molecule has 2 aromatic rings. The quantitative estimate of drug-likeness (QED) is 0.421. The fraction of sp³-hybridized carbons (Fsp3) is 0.348. The standard InChI is InChI=1S/C23H24ClN3O4/c24-17-7-5-16(6-8-17)21(28)19-20(18-4-1-2-9-25-18)27(23(30)22(19)29)11-3-10-26-12-14-31-15-13-26/h1-2,4-9,20,28H,3,10-15H2. The van der Waals surface area contributed by atoms with Gasteiger partial charge in [-0.15, -0.1) is 0 Å². The Kier molecular flexibility index (Phi) is 6.65. The van der Waals surface area contributed by atoms with Crippen molar-refractivity contribution in [3.8, 4) is 0 Å². The van der Waals surface area contributed by atoms with Crippen LogP contribution in [0, 0.1) is 0 Å². The number of rotatable bonds is 6. The number of benzene rings is 1. The molecular formula is C23H24ClN3O4. The highest BCUT2D eigenvalue weighted by Gasteiger charge is 2.46. The van der Waals surface area contributed by atoms with Crippen LogP contribution < -0.4 is 0 Å². The lowest BCUT2D eigenvalue weighted by Gasteiger charge is -2.28. The number of amides is 1. The van der Waals surface area contributed by atoms with Gasteiger partial charge >= 0.3 is 0 Å². The number of nitrogens with zero attached hydrogens (tertiary/aromatic N) is 3. The highest BCUT2D eigenvalue weighted by atomic mass is 35.5. The average Bonchev–Trinajstić information content (AvgIpc) is 3.05. The molecule has 162 valence electrons. The Hall–Kier alpha value is -2.74. The molecule has 0 radical (unpaired) electrons. The SMILES string of the molecule is O=C1C(=O)N(CCCN2CCOCC2)C(c2ccccn2)C1=C(O)c1ccc(Cl)cc1. The first-order valence-corrected chi connectivity index (χ1v) is 10.7. The predicted molar refractivity (Wildman–Crippen MR) is 117 cm³/mol. The van der Waals surface area contributed by atoms with E-state index in [2.05, 4.69) is 9.88 Å². The normalized spacial score (nSPS) is 21.6. The summed E-state index contributed by atoms with van der Waals surface area (Å²) in [7, 11) is 0. The minimum Gasteiger partial charge on any atom is -0.507 e. The van der Waals surface area contributed by atoms with Crippen molar-refractivity contribution in [2.75, 3.05) is 39.4 Å². The van der Waals surface area contributed by atoms with E-state index in [0.29, 0.717) is 42.5 Å². The third-order valence-electron chi connectivity index (χ3n) is 5.60. The topological polar surface area (TPSA) is 83.0 Å². The summed E-state index contributed by atoms with van der Waals surface area (Å²) < 4.78 is 5.37. The second kappa shape index (κ2) is 9.60. The molecule has 1 aromatic heterocycles. The van der Waals surface area contributed by atoms with Crippen LogP contribution in [0.5, 0.6) is 0 Å². The van der Waals surface area contributed by atoms with E-state index >= 15 is 0 Å². The molecule has 2 saturated heterocycles. The first-order valence-electron chi connectivity index (χ1n) is 10.3. The summed E-state index contributed by atoms with van der Waals surface area (Å²) in [6, 6.07) is 11.1. The van der Waals surface area contributed by atoms with Gasteiger partial charge in [-0.1, -0.05) is 17.7 Å². The molecule has 31 heavy (non-hydrogen) atoms. The van der Waals surface area contributed by atoms with E-state index in [1.54, 1.807) is 48.7 Å². The zero-order chi connectivity index (χ0) is 21.8.